The van der Waals surface area contributed by atoms with Crippen LogP contribution in [0.1, 0.15) is 131 Å². The molecule has 0 saturated heterocycles. The highest BCUT2D eigenvalue weighted by Crippen LogP contribution is 2.54. The fourth-order valence-corrected chi connectivity index (χ4v) is 8.94. The summed E-state index contributed by atoms with van der Waals surface area (Å²) in [7, 11) is -11.8. The zero-order valence-electron chi connectivity index (χ0n) is 21.7. The van der Waals surface area contributed by atoms with Crippen LogP contribution in [-0.4, -0.2) is 33.3 Å². The second-order valence-corrected chi connectivity index (χ2v) is 14.4. The molecular weight excluding hydrogens is 566 g/mol. The van der Waals surface area contributed by atoms with Crippen molar-refractivity contribution in [2.75, 3.05) is 0 Å². The molecule has 3 fully saturated rings. The minimum atomic E-state index is -6.68. The van der Waals surface area contributed by atoms with Gasteiger partial charge >= 0.3 is 16.4 Å². The van der Waals surface area contributed by atoms with Crippen LogP contribution in [0.2, 0.25) is 0 Å². The SMILES string of the molecule is O=[SH](=O)C(F)(F)C(F)(F)C(F)(F)S(=O)(=O)c1c(C2CCCCC2)cc(C2CCCCC2)cc1C1CCCCC1. The molecule has 0 amide bonds. The Bertz CT molecular complexity index is 1160. The van der Waals surface area contributed by atoms with Crippen LogP contribution in [0.15, 0.2) is 17.0 Å². The Balaban J connectivity index is 1.99. The maximum atomic E-state index is 15.4. The molecule has 39 heavy (non-hydrogen) atoms. The Morgan fingerprint density at radius 3 is 1.33 bits per heavy atom. The second kappa shape index (κ2) is 11.5. The fraction of sp³-hybridized carbons (Fsp3) is 0.778. The second-order valence-electron chi connectivity index (χ2n) is 11.4. The van der Waals surface area contributed by atoms with Crippen molar-refractivity contribution in [1.82, 2.24) is 0 Å². The van der Waals surface area contributed by atoms with E-state index in [0.717, 1.165) is 50.5 Å². The van der Waals surface area contributed by atoms with Crippen molar-refractivity contribution < 1.29 is 43.2 Å². The highest BCUT2D eigenvalue weighted by atomic mass is 32.2. The maximum absolute atomic E-state index is 15.4. The monoisotopic (exact) mass is 602 g/mol. The van der Waals surface area contributed by atoms with Crippen molar-refractivity contribution in [3.63, 3.8) is 0 Å². The third kappa shape index (κ3) is 5.49. The quantitative estimate of drug-likeness (QED) is 0.242. The summed E-state index contributed by atoms with van der Waals surface area (Å²) >= 11 is 0. The van der Waals surface area contributed by atoms with Gasteiger partial charge in [0, 0.05) is 0 Å². The predicted molar refractivity (Wildman–Crippen MR) is 136 cm³/mol. The van der Waals surface area contributed by atoms with Gasteiger partial charge in [-0.25, -0.2) is 16.8 Å². The lowest BCUT2D eigenvalue weighted by atomic mass is 9.76. The lowest BCUT2D eigenvalue weighted by Gasteiger charge is -2.35. The van der Waals surface area contributed by atoms with Crippen LogP contribution < -0.4 is 0 Å². The molecule has 3 aliphatic rings. The molecular formula is C27H36F6O4S2. The first-order chi connectivity index (χ1) is 18.2. The van der Waals surface area contributed by atoms with Gasteiger partial charge in [0.05, 0.1) is 4.90 Å². The van der Waals surface area contributed by atoms with Gasteiger partial charge in [0.1, 0.15) is 0 Å². The molecule has 1 aromatic carbocycles. The Hall–Kier alpha value is -1.30. The molecule has 4 rings (SSSR count). The Labute approximate surface area is 227 Å². The molecule has 0 atom stereocenters. The van der Waals surface area contributed by atoms with E-state index in [1.54, 1.807) is 12.1 Å². The van der Waals surface area contributed by atoms with Crippen LogP contribution in [0, 0.1) is 0 Å². The van der Waals surface area contributed by atoms with Gasteiger partial charge in [-0.15, -0.1) is 0 Å². The highest BCUT2D eigenvalue weighted by molar-refractivity contribution is 7.92. The van der Waals surface area contributed by atoms with Crippen molar-refractivity contribution >= 4 is 20.5 Å². The van der Waals surface area contributed by atoms with Gasteiger partial charge in [0.2, 0.25) is 10.7 Å². The maximum Gasteiger partial charge on any atom is 0.418 e. The average molecular weight is 603 g/mol. The van der Waals surface area contributed by atoms with Gasteiger partial charge in [-0.3, -0.25) is 0 Å². The summed E-state index contributed by atoms with van der Waals surface area (Å²) in [6.07, 6.45) is 10.9. The van der Waals surface area contributed by atoms with Crippen LogP contribution in [-0.2, 0) is 20.5 Å². The van der Waals surface area contributed by atoms with Gasteiger partial charge in [0.25, 0.3) is 9.84 Å². The van der Waals surface area contributed by atoms with Crippen molar-refractivity contribution in [3.8, 4) is 0 Å². The zero-order valence-corrected chi connectivity index (χ0v) is 23.5. The Morgan fingerprint density at radius 1 is 0.615 bits per heavy atom. The van der Waals surface area contributed by atoms with E-state index < -0.39 is 53.7 Å². The summed E-state index contributed by atoms with van der Waals surface area (Å²) < 4.78 is 137. The van der Waals surface area contributed by atoms with E-state index in [-0.39, 0.29) is 17.0 Å². The molecule has 0 N–H and O–H groups in total. The van der Waals surface area contributed by atoms with E-state index in [1.807, 2.05) is 0 Å². The van der Waals surface area contributed by atoms with E-state index in [0.29, 0.717) is 51.4 Å². The van der Waals surface area contributed by atoms with Crippen molar-refractivity contribution in [1.29, 1.82) is 0 Å². The van der Waals surface area contributed by atoms with E-state index in [9.17, 15) is 34.4 Å². The summed E-state index contributed by atoms with van der Waals surface area (Å²) in [6, 6.07) is 3.09. The molecule has 0 aromatic heterocycles. The third-order valence-corrected chi connectivity index (χ3v) is 11.6. The summed E-state index contributed by atoms with van der Waals surface area (Å²) in [5, 5.41) is -12.6. The van der Waals surface area contributed by atoms with Crippen molar-refractivity contribution in [3.05, 3.63) is 28.8 Å². The van der Waals surface area contributed by atoms with Gasteiger partial charge < -0.3 is 0 Å². The largest absolute Gasteiger partial charge is 0.418 e. The molecule has 3 aliphatic carbocycles. The van der Waals surface area contributed by atoms with E-state index >= 15 is 8.78 Å². The van der Waals surface area contributed by atoms with Crippen LogP contribution in [0.5, 0.6) is 0 Å². The van der Waals surface area contributed by atoms with Crippen molar-refractivity contribution in [2.45, 2.75) is 135 Å². The summed E-state index contributed by atoms with van der Waals surface area (Å²) in [5.74, 6) is -7.62. The first kappa shape index (κ1) is 30.7. The standard InChI is InChI=1S/C27H36F6O4S2/c28-25(29,26(30,31)38(34)35)27(32,33)39(36,37)24-22(19-12-6-2-7-13-19)16-21(18-10-4-1-5-11-18)17-23(24)20-14-8-3-9-15-20/h16-20,38H,1-15H2. The molecule has 4 nitrogen and oxygen atoms in total. The van der Waals surface area contributed by atoms with Gasteiger partial charge in [-0.05, 0) is 73.0 Å². The van der Waals surface area contributed by atoms with E-state index in [4.69, 9.17) is 0 Å². The number of thiol groups is 1. The minimum absolute atomic E-state index is 0.00338. The Kier molecular flexibility index (Phi) is 9.06. The number of sulfone groups is 1. The number of halogens is 6. The summed E-state index contributed by atoms with van der Waals surface area (Å²) in [6.45, 7) is 0. The van der Waals surface area contributed by atoms with Gasteiger partial charge in [-0.2, -0.15) is 26.3 Å². The van der Waals surface area contributed by atoms with Crippen LogP contribution in [0.3, 0.4) is 0 Å². The minimum Gasteiger partial charge on any atom is -0.225 e. The number of benzene rings is 1. The molecule has 0 aliphatic heterocycles. The summed E-state index contributed by atoms with van der Waals surface area (Å²) in [4.78, 5) is -0.984. The molecule has 3 saturated carbocycles. The van der Waals surface area contributed by atoms with Crippen molar-refractivity contribution in [2.24, 2.45) is 0 Å². The molecule has 0 unspecified atom stereocenters. The van der Waals surface area contributed by atoms with Crippen LogP contribution in [0.4, 0.5) is 26.3 Å². The van der Waals surface area contributed by atoms with Crippen LogP contribution in [0.25, 0.3) is 0 Å². The highest BCUT2D eigenvalue weighted by Gasteiger charge is 2.79. The first-order valence-corrected chi connectivity index (χ1v) is 16.6. The molecule has 222 valence electrons. The predicted octanol–water partition coefficient (Wildman–Crippen LogP) is 8.04. The van der Waals surface area contributed by atoms with Crippen LogP contribution >= 0.6 is 0 Å². The number of rotatable bonds is 8. The zero-order chi connectivity index (χ0) is 28.6. The molecule has 0 heterocycles. The lowest BCUT2D eigenvalue weighted by molar-refractivity contribution is -0.242. The first-order valence-electron chi connectivity index (χ1n) is 13.9. The normalized spacial score (nSPS) is 21.9. The third-order valence-electron chi connectivity index (χ3n) is 8.91. The molecule has 12 heteroatoms. The molecule has 0 radical (unpaired) electrons. The lowest BCUT2D eigenvalue weighted by Crippen LogP contribution is -2.58. The topological polar surface area (TPSA) is 68.3 Å². The molecule has 1 aromatic rings. The van der Waals surface area contributed by atoms with E-state index in [2.05, 4.69) is 0 Å². The number of alkyl halides is 6. The number of hydrogen-bond acceptors (Lipinski definition) is 4. The fourth-order valence-electron chi connectivity index (χ4n) is 6.70. The molecule has 0 bridgehead atoms. The van der Waals surface area contributed by atoms with E-state index in [1.165, 1.54) is 0 Å². The average Bonchev–Trinajstić information content (AvgIpc) is 2.93. The van der Waals surface area contributed by atoms with Gasteiger partial charge in [0.15, 0.2) is 0 Å². The number of hydrogen-bond donors (Lipinski definition) is 1. The van der Waals surface area contributed by atoms with Gasteiger partial charge in [-0.1, -0.05) is 69.9 Å². The summed E-state index contributed by atoms with van der Waals surface area (Å²) in [5.41, 5.74) is 0.796. The molecule has 0 spiro atoms. The smallest absolute Gasteiger partial charge is 0.225 e. The Morgan fingerprint density at radius 2 is 0.974 bits per heavy atom.